The predicted molar refractivity (Wildman–Crippen MR) is 55.8 cm³/mol. The molecule has 3 N–H and O–H groups in total. The van der Waals surface area contributed by atoms with Gasteiger partial charge in [0.25, 0.3) is 0 Å². The number of rotatable bonds is 2. The van der Waals surface area contributed by atoms with E-state index in [-0.39, 0.29) is 5.82 Å². The van der Waals surface area contributed by atoms with Crippen molar-refractivity contribution in [2.24, 2.45) is 5.73 Å². The van der Waals surface area contributed by atoms with Gasteiger partial charge in [-0.1, -0.05) is 0 Å². The Morgan fingerprint density at radius 3 is 2.93 bits per heavy atom. The lowest BCUT2D eigenvalue weighted by molar-refractivity contribution is 0.629. The maximum absolute atomic E-state index is 13.0. The van der Waals surface area contributed by atoms with E-state index < -0.39 is 0 Å². The Hall–Kier alpha value is -1.35. The summed E-state index contributed by atoms with van der Waals surface area (Å²) in [5.41, 5.74) is 8.70. The molecule has 0 aliphatic carbocycles. The molecular weight excluding hydrogens is 179 g/mol. The number of fused-ring (bicyclic) bond motifs is 1. The Kier molecular flexibility index (Phi) is 2.25. The second-order valence-electron chi connectivity index (χ2n) is 3.46. The summed E-state index contributed by atoms with van der Waals surface area (Å²) >= 11 is 0. The number of hydrogen-bond donors (Lipinski definition) is 2. The van der Waals surface area contributed by atoms with E-state index in [9.17, 15) is 4.39 Å². The standard InChI is InChI=1S/C11H13FN2/c1-7-9(4-5-13)10-6-8(12)2-3-11(10)14-7/h2-3,6,14H,4-5,13H2,1H3. The third-order valence-corrected chi connectivity index (χ3v) is 2.48. The van der Waals surface area contributed by atoms with Crippen molar-refractivity contribution < 1.29 is 4.39 Å². The van der Waals surface area contributed by atoms with E-state index in [2.05, 4.69) is 4.98 Å². The van der Waals surface area contributed by atoms with E-state index in [1.807, 2.05) is 6.92 Å². The van der Waals surface area contributed by atoms with Gasteiger partial charge in [0.15, 0.2) is 0 Å². The highest BCUT2D eigenvalue weighted by molar-refractivity contribution is 5.84. The molecule has 0 saturated heterocycles. The number of nitrogens with two attached hydrogens (primary N) is 1. The molecule has 1 aromatic carbocycles. The zero-order valence-corrected chi connectivity index (χ0v) is 8.10. The second kappa shape index (κ2) is 3.42. The third-order valence-electron chi connectivity index (χ3n) is 2.48. The van der Waals surface area contributed by atoms with Gasteiger partial charge in [-0.25, -0.2) is 4.39 Å². The van der Waals surface area contributed by atoms with Gasteiger partial charge >= 0.3 is 0 Å². The van der Waals surface area contributed by atoms with Crippen LogP contribution in [0.2, 0.25) is 0 Å². The summed E-state index contributed by atoms with van der Waals surface area (Å²) in [6.07, 6.45) is 0.787. The van der Waals surface area contributed by atoms with Gasteiger partial charge in [0.1, 0.15) is 5.82 Å². The molecule has 0 amide bonds. The lowest BCUT2D eigenvalue weighted by Crippen LogP contribution is -2.03. The highest BCUT2D eigenvalue weighted by Gasteiger charge is 2.07. The van der Waals surface area contributed by atoms with Crippen LogP contribution in [0.15, 0.2) is 18.2 Å². The van der Waals surface area contributed by atoms with Crippen LogP contribution in [-0.2, 0) is 6.42 Å². The van der Waals surface area contributed by atoms with Crippen LogP contribution in [0.4, 0.5) is 4.39 Å². The van der Waals surface area contributed by atoms with Crippen molar-refractivity contribution in [1.82, 2.24) is 4.98 Å². The first-order chi connectivity index (χ1) is 6.72. The van der Waals surface area contributed by atoms with Gasteiger partial charge in [0.05, 0.1) is 0 Å². The number of aromatic nitrogens is 1. The third kappa shape index (κ3) is 1.40. The average Bonchev–Trinajstić information content (AvgIpc) is 2.45. The molecular formula is C11H13FN2. The summed E-state index contributed by atoms with van der Waals surface area (Å²) in [5, 5.41) is 0.952. The molecule has 1 heterocycles. The van der Waals surface area contributed by atoms with E-state index in [1.54, 1.807) is 12.1 Å². The molecule has 1 aromatic heterocycles. The minimum absolute atomic E-state index is 0.199. The van der Waals surface area contributed by atoms with Crippen molar-refractivity contribution in [1.29, 1.82) is 0 Å². The molecule has 0 aliphatic heterocycles. The molecule has 0 saturated carbocycles. The molecule has 0 fully saturated rings. The molecule has 3 heteroatoms. The lowest BCUT2D eigenvalue weighted by Gasteiger charge is -1.97. The Morgan fingerprint density at radius 2 is 2.21 bits per heavy atom. The average molecular weight is 192 g/mol. The summed E-state index contributed by atoms with van der Waals surface area (Å²) in [6, 6.07) is 4.78. The minimum Gasteiger partial charge on any atom is -0.358 e. The van der Waals surface area contributed by atoms with Gasteiger partial charge in [-0.3, -0.25) is 0 Å². The first-order valence-electron chi connectivity index (χ1n) is 4.69. The fourth-order valence-electron chi connectivity index (χ4n) is 1.82. The number of benzene rings is 1. The Balaban J connectivity index is 2.66. The fraction of sp³-hybridized carbons (Fsp3) is 0.273. The van der Waals surface area contributed by atoms with Crippen LogP contribution < -0.4 is 5.73 Å². The summed E-state index contributed by atoms with van der Waals surface area (Å²) in [5.74, 6) is -0.199. The molecule has 74 valence electrons. The van der Waals surface area contributed by atoms with Crippen LogP contribution in [0, 0.1) is 12.7 Å². The summed E-state index contributed by atoms with van der Waals surface area (Å²) in [7, 11) is 0. The van der Waals surface area contributed by atoms with Gasteiger partial charge in [0.2, 0.25) is 0 Å². The predicted octanol–water partition coefficient (Wildman–Crippen LogP) is 2.12. The fourth-order valence-corrected chi connectivity index (χ4v) is 1.82. The quantitative estimate of drug-likeness (QED) is 0.751. The van der Waals surface area contributed by atoms with Crippen molar-refractivity contribution in [3.8, 4) is 0 Å². The molecule has 2 nitrogen and oxygen atoms in total. The van der Waals surface area contributed by atoms with Crippen LogP contribution in [0.5, 0.6) is 0 Å². The summed E-state index contributed by atoms with van der Waals surface area (Å²) in [4.78, 5) is 3.22. The normalized spacial score (nSPS) is 11.1. The molecule has 0 radical (unpaired) electrons. The SMILES string of the molecule is Cc1[nH]c2ccc(F)cc2c1CCN. The van der Waals surface area contributed by atoms with Gasteiger partial charge in [-0.15, -0.1) is 0 Å². The molecule has 2 rings (SSSR count). The van der Waals surface area contributed by atoms with Crippen molar-refractivity contribution in [3.63, 3.8) is 0 Å². The van der Waals surface area contributed by atoms with Crippen molar-refractivity contribution in [2.75, 3.05) is 6.54 Å². The minimum atomic E-state index is -0.199. The molecule has 0 unspecified atom stereocenters. The summed E-state index contributed by atoms with van der Waals surface area (Å²) in [6.45, 7) is 2.58. The molecule has 0 spiro atoms. The zero-order valence-electron chi connectivity index (χ0n) is 8.10. The highest BCUT2D eigenvalue weighted by Crippen LogP contribution is 2.23. The van der Waals surface area contributed by atoms with Crippen LogP contribution in [-0.4, -0.2) is 11.5 Å². The summed E-state index contributed by atoms with van der Waals surface area (Å²) < 4.78 is 13.0. The van der Waals surface area contributed by atoms with Gasteiger partial charge in [-0.2, -0.15) is 0 Å². The monoisotopic (exact) mass is 192 g/mol. The second-order valence-corrected chi connectivity index (χ2v) is 3.46. The van der Waals surface area contributed by atoms with Crippen LogP contribution >= 0.6 is 0 Å². The highest BCUT2D eigenvalue weighted by atomic mass is 19.1. The van der Waals surface area contributed by atoms with Gasteiger partial charge in [-0.05, 0) is 43.7 Å². The van der Waals surface area contributed by atoms with Crippen LogP contribution in [0.3, 0.4) is 0 Å². The number of aromatic amines is 1. The van der Waals surface area contributed by atoms with Gasteiger partial charge < -0.3 is 10.7 Å². The number of halogens is 1. The first kappa shape index (κ1) is 9.21. The maximum atomic E-state index is 13.0. The van der Waals surface area contributed by atoms with Crippen molar-refractivity contribution in [2.45, 2.75) is 13.3 Å². The molecule has 0 aliphatic rings. The Morgan fingerprint density at radius 1 is 1.43 bits per heavy atom. The molecule has 14 heavy (non-hydrogen) atoms. The molecule has 0 bridgehead atoms. The van der Waals surface area contributed by atoms with Crippen LogP contribution in [0.25, 0.3) is 10.9 Å². The van der Waals surface area contributed by atoms with Crippen molar-refractivity contribution >= 4 is 10.9 Å². The van der Waals surface area contributed by atoms with E-state index in [1.165, 1.54) is 6.07 Å². The molecule has 2 aromatic rings. The maximum Gasteiger partial charge on any atom is 0.123 e. The lowest BCUT2D eigenvalue weighted by atomic mass is 10.1. The van der Waals surface area contributed by atoms with E-state index >= 15 is 0 Å². The number of hydrogen-bond acceptors (Lipinski definition) is 1. The number of aryl methyl sites for hydroxylation is 1. The zero-order chi connectivity index (χ0) is 10.1. The van der Waals surface area contributed by atoms with E-state index in [4.69, 9.17) is 5.73 Å². The largest absolute Gasteiger partial charge is 0.358 e. The van der Waals surface area contributed by atoms with Crippen LogP contribution in [0.1, 0.15) is 11.3 Å². The topological polar surface area (TPSA) is 41.8 Å². The Labute approximate surface area is 81.9 Å². The first-order valence-corrected chi connectivity index (χ1v) is 4.69. The van der Waals surface area contributed by atoms with E-state index in [0.717, 1.165) is 28.6 Å². The number of H-pyrrole nitrogens is 1. The molecule has 0 atom stereocenters. The smallest absolute Gasteiger partial charge is 0.123 e. The van der Waals surface area contributed by atoms with Crippen molar-refractivity contribution in [3.05, 3.63) is 35.3 Å². The van der Waals surface area contributed by atoms with Gasteiger partial charge in [0, 0.05) is 16.6 Å². The van der Waals surface area contributed by atoms with E-state index in [0.29, 0.717) is 6.54 Å². The Bertz CT molecular complexity index is 460. The number of nitrogens with one attached hydrogen (secondary N) is 1.